The molecule has 0 unspecified atom stereocenters. The van der Waals surface area contributed by atoms with Crippen LogP contribution in [-0.4, -0.2) is 35.8 Å². The highest BCUT2D eigenvalue weighted by atomic mass is 35.5. The number of amides is 2. The van der Waals surface area contributed by atoms with E-state index in [1.54, 1.807) is 28.9 Å². The maximum atomic E-state index is 12.4. The Balaban J connectivity index is 1.44. The average Bonchev–Trinajstić information content (AvgIpc) is 3.23. The Bertz CT molecular complexity index is 1410. The zero-order chi connectivity index (χ0) is 24.1. The van der Waals surface area contributed by atoms with E-state index in [4.69, 9.17) is 16.7 Å². The van der Waals surface area contributed by atoms with Crippen LogP contribution in [0.25, 0.3) is 17.1 Å². The molecule has 1 heterocycles. The highest BCUT2D eigenvalue weighted by molar-refractivity contribution is 7.89. The maximum Gasteiger partial charge on any atom is 0.321 e. The molecular weight excluding hydrogens is 476 g/mol. The van der Waals surface area contributed by atoms with Crippen LogP contribution in [0.1, 0.15) is 5.56 Å². The normalized spacial score (nSPS) is 11.2. The zero-order valence-electron chi connectivity index (χ0n) is 17.8. The number of carbonyl (C=O) groups excluding carboxylic acids is 1. The van der Waals surface area contributed by atoms with Crippen LogP contribution in [-0.2, 0) is 16.4 Å². The minimum atomic E-state index is -3.74. The SMILES string of the molecule is NS(=O)(=O)c1ccc(CCNC(=O)Nc2nc(-c3ccccc3)n(-c3cccc(Cl)c3)n2)cc1. The summed E-state index contributed by atoms with van der Waals surface area (Å²) in [4.78, 5) is 16.9. The van der Waals surface area contributed by atoms with Crippen LogP contribution in [0.2, 0.25) is 5.02 Å². The standard InChI is InChI=1S/C23H21ClN6O3S/c24-18-7-4-8-19(15-18)30-21(17-5-2-1-3-6-17)27-22(29-30)28-23(31)26-14-13-16-9-11-20(12-10-16)34(25,32)33/h1-12,15H,13-14H2,(H2,25,32,33)(H2,26,28,29,31). The number of urea groups is 1. The molecule has 0 aliphatic rings. The third-order valence-electron chi connectivity index (χ3n) is 4.87. The molecule has 0 spiro atoms. The molecule has 0 fully saturated rings. The lowest BCUT2D eigenvalue weighted by Gasteiger charge is -2.06. The molecule has 0 saturated heterocycles. The zero-order valence-corrected chi connectivity index (χ0v) is 19.4. The van der Waals surface area contributed by atoms with Crippen molar-refractivity contribution in [2.24, 2.45) is 5.14 Å². The monoisotopic (exact) mass is 496 g/mol. The Hall–Kier alpha value is -3.73. The molecule has 0 atom stereocenters. The number of hydrogen-bond donors (Lipinski definition) is 3. The van der Waals surface area contributed by atoms with Crippen molar-refractivity contribution in [2.45, 2.75) is 11.3 Å². The number of rotatable bonds is 7. The topological polar surface area (TPSA) is 132 Å². The minimum Gasteiger partial charge on any atom is -0.337 e. The molecule has 174 valence electrons. The van der Waals surface area contributed by atoms with Crippen molar-refractivity contribution in [3.63, 3.8) is 0 Å². The number of halogens is 1. The number of sulfonamides is 1. The van der Waals surface area contributed by atoms with Gasteiger partial charge in [-0.25, -0.2) is 23.0 Å². The predicted molar refractivity (Wildman–Crippen MR) is 130 cm³/mol. The lowest BCUT2D eigenvalue weighted by atomic mass is 10.1. The van der Waals surface area contributed by atoms with Gasteiger partial charge in [0.2, 0.25) is 10.0 Å². The number of nitrogens with two attached hydrogens (primary N) is 1. The van der Waals surface area contributed by atoms with E-state index in [-0.39, 0.29) is 10.8 Å². The third-order valence-corrected chi connectivity index (χ3v) is 6.03. The summed E-state index contributed by atoms with van der Waals surface area (Å²) in [6.45, 7) is 0.321. The second-order valence-electron chi connectivity index (χ2n) is 7.34. The molecular formula is C23H21ClN6O3S. The molecule has 0 radical (unpaired) electrons. The lowest BCUT2D eigenvalue weighted by Crippen LogP contribution is -2.30. The van der Waals surface area contributed by atoms with Crippen LogP contribution < -0.4 is 15.8 Å². The van der Waals surface area contributed by atoms with Crippen LogP contribution in [0.15, 0.2) is 83.8 Å². The summed E-state index contributed by atoms with van der Waals surface area (Å²) in [5.74, 6) is 0.682. The Kier molecular flexibility index (Phi) is 6.92. The van der Waals surface area contributed by atoms with Crippen molar-refractivity contribution in [3.8, 4) is 17.1 Å². The molecule has 4 rings (SSSR count). The number of anilines is 1. The second kappa shape index (κ2) is 10.0. The van der Waals surface area contributed by atoms with Crippen molar-refractivity contribution < 1.29 is 13.2 Å². The van der Waals surface area contributed by atoms with Gasteiger partial charge in [0.15, 0.2) is 5.82 Å². The summed E-state index contributed by atoms with van der Waals surface area (Å²) in [6, 6.07) is 22.4. The van der Waals surface area contributed by atoms with E-state index in [1.807, 2.05) is 42.5 Å². The number of nitrogens with zero attached hydrogens (tertiary/aromatic N) is 3. The number of primary sulfonamides is 1. The summed E-state index contributed by atoms with van der Waals surface area (Å²) < 4.78 is 24.3. The molecule has 0 bridgehead atoms. The Morgan fingerprint density at radius 3 is 2.41 bits per heavy atom. The van der Waals surface area contributed by atoms with E-state index in [0.29, 0.717) is 29.5 Å². The fourth-order valence-corrected chi connectivity index (χ4v) is 3.94. The molecule has 1 aromatic heterocycles. The molecule has 11 heteroatoms. The van der Waals surface area contributed by atoms with Crippen molar-refractivity contribution in [3.05, 3.63) is 89.4 Å². The van der Waals surface area contributed by atoms with Gasteiger partial charge in [-0.15, -0.1) is 5.10 Å². The van der Waals surface area contributed by atoms with Crippen molar-refractivity contribution in [1.29, 1.82) is 0 Å². The van der Waals surface area contributed by atoms with Gasteiger partial charge in [-0.2, -0.15) is 4.98 Å². The van der Waals surface area contributed by atoms with Crippen LogP contribution in [0, 0.1) is 0 Å². The van der Waals surface area contributed by atoms with Gasteiger partial charge in [0.1, 0.15) is 0 Å². The van der Waals surface area contributed by atoms with E-state index in [9.17, 15) is 13.2 Å². The number of carbonyl (C=O) groups is 1. The van der Waals surface area contributed by atoms with Gasteiger partial charge in [-0.3, -0.25) is 5.32 Å². The van der Waals surface area contributed by atoms with Crippen LogP contribution in [0.4, 0.5) is 10.7 Å². The van der Waals surface area contributed by atoms with Gasteiger partial charge in [0.05, 0.1) is 10.6 Å². The summed E-state index contributed by atoms with van der Waals surface area (Å²) in [7, 11) is -3.74. The molecule has 3 aromatic carbocycles. The average molecular weight is 497 g/mol. The summed E-state index contributed by atoms with van der Waals surface area (Å²) in [5.41, 5.74) is 2.38. The summed E-state index contributed by atoms with van der Waals surface area (Å²) in [5, 5.41) is 15.5. The molecule has 4 aromatic rings. The number of aromatic nitrogens is 3. The Morgan fingerprint density at radius 1 is 1.00 bits per heavy atom. The first kappa shape index (κ1) is 23.4. The number of benzene rings is 3. The maximum absolute atomic E-state index is 12.4. The first-order valence-corrected chi connectivity index (χ1v) is 12.2. The fraction of sp³-hybridized carbons (Fsp3) is 0.0870. The minimum absolute atomic E-state index is 0.0394. The molecule has 0 aliphatic carbocycles. The van der Waals surface area contributed by atoms with Gasteiger partial charge in [0.25, 0.3) is 5.95 Å². The summed E-state index contributed by atoms with van der Waals surface area (Å²) in [6.07, 6.45) is 0.498. The van der Waals surface area contributed by atoms with Crippen LogP contribution >= 0.6 is 11.6 Å². The van der Waals surface area contributed by atoms with Crippen molar-refractivity contribution in [1.82, 2.24) is 20.1 Å². The van der Waals surface area contributed by atoms with Gasteiger partial charge in [-0.1, -0.05) is 60.1 Å². The van der Waals surface area contributed by atoms with Gasteiger partial charge in [-0.05, 0) is 42.3 Å². The van der Waals surface area contributed by atoms with Crippen LogP contribution in [0.5, 0.6) is 0 Å². The van der Waals surface area contributed by atoms with E-state index < -0.39 is 16.1 Å². The molecule has 2 amide bonds. The van der Waals surface area contributed by atoms with E-state index in [0.717, 1.165) is 11.1 Å². The van der Waals surface area contributed by atoms with Gasteiger partial charge >= 0.3 is 6.03 Å². The van der Waals surface area contributed by atoms with E-state index >= 15 is 0 Å². The highest BCUT2D eigenvalue weighted by Crippen LogP contribution is 2.24. The molecule has 4 N–H and O–H groups in total. The quantitative estimate of drug-likeness (QED) is 0.359. The Labute approximate surface area is 201 Å². The smallest absolute Gasteiger partial charge is 0.321 e. The molecule has 0 saturated carbocycles. The fourth-order valence-electron chi connectivity index (χ4n) is 3.24. The highest BCUT2D eigenvalue weighted by Gasteiger charge is 2.15. The lowest BCUT2D eigenvalue weighted by molar-refractivity contribution is 0.252. The van der Waals surface area contributed by atoms with Gasteiger partial charge < -0.3 is 5.32 Å². The van der Waals surface area contributed by atoms with Gasteiger partial charge in [0, 0.05) is 17.1 Å². The Morgan fingerprint density at radius 2 is 1.74 bits per heavy atom. The number of hydrogen-bond acceptors (Lipinski definition) is 5. The molecule has 9 nitrogen and oxygen atoms in total. The first-order valence-electron chi connectivity index (χ1n) is 10.2. The largest absolute Gasteiger partial charge is 0.337 e. The van der Waals surface area contributed by atoms with Crippen molar-refractivity contribution >= 4 is 33.6 Å². The van der Waals surface area contributed by atoms with Crippen LogP contribution in [0.3, 0.4) is 0 Å². The van der Waals surface area contributed by atoms with E-state index in [1.165, 1.54) is 12.1 Å². The molecule has 0 aliphatic heterocycles. The summed E-state index contributed by atoms with van der Waals surface area (Å²) >= 11 is 6.15. The third kappa shape index (κ3) is 5.79. The first-order chi connectivity index (χ1) is 16.3. The van der Waals surface area contributed by atoms with Crippen molar-refractivity contribution in [2.75, 3.05) is 11.9 Å². The number of nitrogens with one attached hydrogen (secondary N) is 2. The predicted octanol–water partition coefficient (Wildman–Crippen LogP) is 3.60. The molecule has 34 heavy (non-hydrogen) atoms. The van der Waals surface area contributed by atoms with E-state index in [2.05, 4.69) is 20.7 Å². The second-order valence-corrected chi connectivity index (χ2v) is 9.33.